The fourth-order valence-electron chi connectivity index (χ4n) is 5.53. The van der Waals surface area contributed by atoms with Crippen molar-refractivity contribution in [3.05, 3.63) is 95.6 Å². The van der Waals surface area contributed by atoms with Gasteiger partial charge >= 0.3 is 5.97 Å². The highest BCUT2D eigenvalue weighted by atomic mass is 16.4. The molecule has 0 heterocycles. The second-order valence-corrected chi connectivity index (χ2v) is 11.3. The largest absolute Gasteiger partial charge is 0.481 e. The Balaban J connectivity index is 2.10. The summed E-state index contributed by atoms with van der Waals surface area (Å²) in [5.41, 5.74) is 4.91. The molecule has 0 aromatic heterocycles. The summed E-state index contributed by atoms with van der Waals surface area (Å²) < 4.78 is 0. The summed E-state index contributed by atoms with van der Waals surface area (Å²) in [6.07, 6.45) is 9.35. The van der Waals surface area contributed by atoms with Crippen LogP contribution in [0.25, 0.3) is 0 Å². The number of unbranched alkanes of at least 4 members (excludes halogenated alkanes) is 1. The molecule has 2 aromatic rings. The monoisotopic (exact) mass is 545 g/mol. The van der Waals surface area contributed by atoms with Gasteiger partial charge in [-0.25, -0.2) is 0 Å². The Morgan fingerprint density at radius 1 is 0.925 bits per heavy atom. The van der Waals surface area contributed by atoms with E-state index in [0.29, 0.717) is 24.8 Å². The van der Waals surface area contributed by atoms with Gasteiger partial charge in [0, 0.05) is 13.0 Å². The molecule has 4 nitrogen and oxygen atoms in total. The molecule has 2 N–H and O–H groups in total. The molecule has 0 radical (unpaired) electrons. The molecule has 0 fully saturated rings. The average molecular weight is 546 g/mol. The maximum atomic E-state index is 12.7. The van der Waals surface area contributed by atoms with Crippen LogP contribution in [0, 0.1) is 11.8 Å². The third kappa shape index (κ3) is 11.5. The molecule has 0 saturated carbocycles. The van der Waals surface area contributed by atoms with E-state index in [0.717, 1.165) is 50.5 Å². The van der Waals surface area contributed by atoms with Crippen LogP contribution in [0.5, 0.6) is 0 Å². The number of hydrogen-bond donors (Lipinski definition) is 2. The van der Waals surface area contributed by atoms with Crippen LogP contribution < -0.4 is 5.32 Å². The van der Waals surface area contributed by atoms with Crippen LogP contribution in [0.1, 0.15) is 108 Å². The minimum absolute atomic E-state index is 0.00737. The van der Waals surface area contributed by atoms with Gasteiger partial charge in [0.05, 0.1) is 5.92 Å². The maximum Gasteiger partial charge on any atom is 0.307 e. The topological polar surface area (TPSA) is 66.4 Å². The summed E-state index contributed by atoms with van der Waals surface area (Å²) in [4.78, 5) is 25.1. The molecule has 2 aromatic carbocycles. The van der Waals surface area contributed by atoms with Gasteiger partial charge in [0.2, 0.25) is 5.91 Å². The Morgan fingerprint density at radius 2 is 1.55 bits per heavy atom. The van der Waals surface area contributed by atoms with E-state index < -0.39 is 11.9 Å². The van der Waals surface area contributed by atoms with Crippen molar-refractivity contribution in [3.63, 3.8) is 0 Å². The quantitative estimate of drug-likeness (QED) is 0.137. The first-order valence-corrected chi connectivity index (χ1v) is 15.2. The summed E-state index contributed by atoms with van der Waals surface area (Å²) in [6.45, 7) is 13.7. The lowest BCUT2D eigenvalue weighted by Gasteiger charge is -2.27. The predicted octanol–water partition coefficient (Wildman–Crippen LogP) is 9.06. The van der Waals surface area contributed by atoms with Crippen LogP contribution in [-0.4, -0.2) is 23.5 Å². The first kappa shape index (κ1) is 33.1. The number of hydrogen-bond acceptors (Lipinski definition) is 2. The molecule has 0 spiro atoms. The number of aliphatic carboxylic acids is 1. The van der Waals surface area contributed by atoms with Crippen LogP contribution in [0.15, 0.2) is 84.5 Å². The van der Waals surface area contributed by atoms with Crippen LogP contribution in [0.3, 0.4) is 0 Å². The van der Waals surface area contributed by atoms with Crippen LogP contribution in [0.4, 0.5) is 0 Å². The molecule has 1 amide bonds. The lowest BCUT2D eigenvalue weighted by atomic mass is 9.77. The summed E-state index contributed by atoms with van der Waals surface area (Å²) in [5.74, 6) is -1.32. The van der Waals surface area contributed by atoms with Gasteiger partial charge in [-0.1, -0.05) is 112 Å². The van der Waals surface area contributed by atoms with Crippen molar-refractivity contribution >= 4 is 11.9 Å². The lowest BCUT2D eigenvalue weighted by Crippen LogP contribution is -2.33. The van der Waals surface area contributed by atoms with Gasteiger partial charge < -0.3 is 10.4 Å². The SMILES string of the molecule is C=C(CC/C=C(\C)CC(CC)c1ccccc1)C(CCC(C)c1ccccc1)C(CC(=O)NCCCC)C(=O)O. The van der Waals surface area contributed by atoms with Gasteiger partial charge in [-0.15, -0.1) is 0 Å². The molecular weight excluding hydrogens is 494 g/mol. The number of allylic oxidation sites excluding steroid dienone is 3. The first-order chi connectivity index (χ1) is 19.3. The molecule has 4 heteroatoms. The van der Waals surface area contributed by atoms with Gasteiger partial charge in [-0.05, 0) is 80.8 Å². The Kier molecular flexibility index (Phi) is 15.1. The smallest absolute Gasteiger partial charge is 0.307 e. The minimum Gasteiger partial charge on any atom is -0.481 e. The van der Waals surface area contributed by atoms with Gasteiger partial charge in [0.25, 0.3) is 0 Å². The highest BCUT2D eigenvalue weighted by molar-refractivity contribution is 5.82. The van der Waals surface area contributed by atoms with Gasteiger partial charge in [0.1, 0.15) is 0 Å². The fourth-order valence-corrected chi connectivity index (χ4v) is 5.53. The summed E-state index contributed by atoms with van der Waals surface area (Å²) in [7, 11) is 0. The molecular formula is C36H51NO3. The van der Waals surface area contributed by atoms with E-state index in [1.165, 1.54) is 16.7 Å². The van der Waals surface area contributed by atoms with Crippen molar-refractivity contribution in [2.24, 2.45) is 11.8 Å². The summed E-state index contributed by atoms with van der Waals surface area (Å²) >= 11 is 0. The number of carboxylic acids is 1. The molecule has 40 heavy (non-hydrogen) atoms. The number of amides is 1. The number of carbonyl (C=O) groups excluding carboxylic acids is 1. The number of carboxylic acid groups (broad SMARTS) is 1. The van der Waals surface area contributed by atoms with Crippen LogP contribution in [-0.2, 0) is 9.59 Å². The second kappa shape index (κ2) is 18.3. The number of rotatable bonds is 19. The lowest BCUT2D eigenvalue weighted by molar-refractivity contribution is -0.145. The van der Waals surface area contributed by atoms with Crippen molar-refractivity contribution in [2.45, 2.75) is 97.3 Å². The normalized spacial score (nSPS) is 14.7. The number of nitrogens with one attached hydrogen (secondary N) is 1. The standard InChI is InChI=1S/C36H51NO3/c1-6-8-24-37-35(38)26-34(36(39)40)33(23-22-28(4)31-18-11-9-12-19-31)29(5)17-15-16-27(3)25-30(7-2)32-20-13-10-14-21-32/h9-14,16,18-21,28,30,33-34H,5-8,15,17,22-26H2,1-4H3,(H,37,38)(H,39,40)/b27-16+. The van der Waals surface area contributed by atoms with Crippen molar-refractivity contribution in [3.8, 4) is 0 Å². The predicted molar refractivity (Wildman–Crippen MR) is 167 cm³/mol. The summed E-state index contributed by atoms with van der Waals surface area (Å²) in [6, 6.07) is 21.0. The average Bonchev–Trinajstić information content (AvgIpc) is 2.96. The molecule has 2 rings (SSSR count). The van der Waals surface area contributed by atoms with Crippen molar-refractivity contribution in [1.82, 2.24) is 5.32 Å². The molecule has 218 valence electrons. The Hall–Kier alpha value is -3.14. The number of carbonyl (C=O) groups is 2. The minimum atomic E-state index is -0.912. The summed E-state index contributed by atoms with van der Waals surface area (Å²) in [5, 5.41) is 13.1. The molecule has 0 aliphatic heterocycles. The molecule has 0 bridgehead atoms. The van der Waals surface area contributed by atoms with Gasteiger partial charge in [-0.2, -0.15) is 0 Å². The third-order valence-electron chi connectivity index (χ3n) is 8.15. The van der Waals surface area contributed by atoms with Crippen LogP contribution in [0.2, 0.25) is 0 Å². The molecule has 4 unspecified atom stereocenters. The van der Waals surface area contributed by atoms with E-state index in [9.17, 15) is 14.7 Å². The van der Waals surface area contributed by atoms with E-state index in [1.54, 1.807) is 0 Å². The zero-order chi connectivity index (χ0) is 29.3. The van der Waals surface area contributed by atoms with Crippen LogP contribution >= 0.6 is 0 Å². The molecule has 0 aliphatic carbocycles. The van der Waals surface area contributed by atoms with Gasteiger partial charge in [-0.3, -0.25) is 9.59 Å². The number of benzene rings is 2. The highest BCUT2D eigenvalue weighted by Gasteiger charge is 2.32. The Morgan fingerprint density at radius 3 is 2.12 bits per heavy atom. The Labute approximate surface area is 243 Å². The van der Waals surface area contributed by atoms with Crippen molar-refractivity contribution < 1.29 is 14.7 Å². The highest BCUT2D eigenvalue weighted by Crippen LogP contribution is 2.34. The van der Waals surface area contributed by atoms with Crippen molar-refractivity contribution in [2.75, 3.05) is 6.54 Å². The van der Waals surface area contributed by atoms with Gasteiger partial charge in [0.15, 0.2) is 0 Å². The van der Waals surface area contributed by atoms with E-state index in [4.69, 9.17) is 0 Å². The molecule has 0 aliphatic rings. The Bertz CT molecular complexity index is 1060. The molecule has 0 saturated heterocycles. The van der Waals surface area contributed by atoms with Crippen molar-refractivity contribution in [1.29, 1.82) is 0 Å². The maximum absolute atomic E-state index is 12.7. The first-order valence-electron chi connectivity index (χ1n) is 15.2. The third-order valence-corrected chi connectivity index (χ3v) is 8.15. The second-order valence-electron chi connectivity index (χ2n) is 11.3. The zero-order valence-corrected chi connectivity index (χ0v) is 25.2. The fraction of sp³-hybridized carbons (Fsp3) is 0.500. The van der Waals surface area contributed by atoms with E-state index in [-0.39, 0.29) is 18.2 Å². The van der Waals surface area contributed by atoms with E-state index in [1.807, 2.05) is 18.2 Å². The van der Waals surface area contributed by atoms with E-state index >= 15 is 0 Å². The zero-order valence-electron chi connectivity index (χ0n) is 25.2. The van der Waals surface area contributed by atoms with E-state index in [2.05, 4.69) is 88.1 Å². The molecule has 4 atom stereocenters.